The van der Waals surface area contributed by atoms with Gasteiger partial charge in [-0.15, -0.1) is 0 Å². The predicted octanol–water partition coefficient (Wildman–Crippen LogP) is 4.14. The van der Waals surface area contributed by atoms with Gasteiger partial charge in [0.05, 0.1) is 17.2 Å². The van der Waals surface area contributed by atoms with Crippen molar-refractivity contribution in [2.75, 3.05) is 18.5 Å². The van der Waals surface area contributed by atoms with Gasteiger partial charge in [0.25, 0.3) is 5.91 Å². The maximum atomic E-state index is 11.9. The first-order chi connectivity index (χ1) is 13.4. The van der Waals surface area contributed by atoms with E-state index in [1.54, 1.807) is 12.1 Å². The number of unbranched alkanes of at least 4 members (excludes halogenated alkanes) is 1. The highest BCUT2D eigenvalue weighted by Crippen LogP contribution is 2.17. The second kappa shape index (κ2) is 10.6. The molecule has 1 heterocycles. The van der Waals surface area contributed by atoms with Crippen LogP contribution in [0, 0.1) is 0 Å². The average Bonchev–Trinajstić information content (AvgIpc) is 2.68. The Balaban J connectivity index is 1.85. The lowest BCUT2D eigenvalue weighted by Gasteiger charge is -2.08. The molecule has 1 amide bonds. The molecule has 1 aromatic carbocycles. The lowest BCUT2D eigenvalue weighted by Crippen LogP contribution is -2.21. The molecule has 0 atom stereocenters. The normalized spacial score (nSPS) is 10.2. The largest absolute Gasteiger partial charge is 0.462 e. The zero-order valence-electron chi connectivity index (χ0n) is 15.0. The molecule has 2 rings (SSSR count). The summed E-state index contributed by atoms with van der Waals surface area (Å²) in [4.78, 5) is 39.5. The van der Waals surface area contributed by atoms with Crippen molar-refractivity contribution < 1.29 is 23.9 Å². The van der Waals surface area contributed by atoms with Crippen LogP contribution in [0.2, 0.25) is 10.2 Å². The number of aromatic nitrogens is 1. The minimum absolute atomic E-state index is 0.0659. The topological polar surface area (TPSA) is 94.6 Å². The summed E-state index contributed by atoms with van der Waals surface area (Å²) in [6, 6.07) is 8.99. The fraction of sp³-hybridized carbons (Fsp3) is 0.263. The Morgan fingerprint density at radius 3 is 2.39 bits per heavy atom. The second-order valence-electron chi connectivity index (χ2n) is 5.66. The standard InChI is InChI=1S/C19H18Cl2N2O5/c1-2-3-10-27-18(25)12-4-6-13(7-5-12)22-16(24)11-28-19(26)17-14(20)8-9-15(21)23-17/h4-9H,2-3,10-11H2,1H3,(H,22,24). The summed E-state index contributed by atoms with van der Waals surface area (Å²) >= 11 is 11.6. The number of anilines is 1. The summed E-state index contributed by atoms with van der Waals surface area (Å²) in [5.41, 5.74) is 0.639. The van der Waals surface area contributed by atoms with Crippen molar-refractivity contribution in [2.45, 2.75) is 19.8 Å². The van der Waals surface area contributed by atoms with Crippen LogP contribution in [-0.2, 0) is 14.3 Å². The number of carbonyl (C=O) groups is 3. The van der Waals surface area contributed by atoms with Crippen molar-refractivity contribution in [1.29, 1.82) is 0 Å². The van der Waals surface area contributed by atoms with E-state index in [9.17, 15) is 14.4 Å². The van der Waals surface area contributed by atoms with Gasteiger partial charge in [-0.25, -0.2) is 14.6 Å². The SMILES string of the molecule is CCCCOC(=O)c1ccc(NC(=O)COC(=O)c2nc(Cl)ccc2Cl)cc1. The van der Waals surface area contributed by atoms with Crippen molar-refractivity contribution in [1.82, 2.24) is 4.98 Å². The molecule has 7 nitrogen and oxygen atoms in total. The molecule has 9 heteroatoms. The first-order valence-electron chi connectivity index (χ1n) is 8.47. The first-order valence-corrected chi connectivity index (χ1v) is 9.22. The fourth-order valence-corrected chi connectivity index (χ4v) is 2.37. The summed E-state index contributed by atoms with van der Waals surface area (Å²) in [5.74, 6) is -1.86. The van der Waals surface area contributed by atoms with Crippen LogP contribution >= 0.6 is 23.2 Å². The summed E-state index contributed by atoms with van der Waals surface area (Å²) < 4.78 is 9.99. The third-order valence-corrected chi connectivity index (χ3v) is 3.99. The Labute approximate surface area is 171 Å². The Hall–Kier alpha value is -2.64. The van der Waals surface area contributed by atoms with Crippen molar-refractivity contribution in [3.05, 3.63) is 57.8 Å². The first kappa shape index (κ1) is 21.7. The molecule has 0 saturated carbocycles. The van der Waals surface area contributed by atoms with E-state index in [2.05, 4.69) is 10.3 Å². The Bertz CT molecular complexity index is 856. The van der Waals surface area contributed by atoms with Crippen molar-refractivity contribution in [2.24, 2.45) is 0 Å². The molecule has 148 valence electrons. The number of rotatable bonds is 8. The number of carbonyl (C=O) groups excluding carboxylic acids is 3. The highest BCUT2D eigenvalue weighted by atomic mass is 35.5. The van der Waals surface area contributed by atoms with E-state index in [1.165, 1.54) is 24.3 Å². The Morgan fingerprint density at radius 1 is 1.00 bits per heavy atom. The van der Waals surface area contributed by atoms with Crippen LogP contribution in [0.3, 0.4) is 0 Å². The summed E-state index contributed by atoms with van der Waals surface area (Å²) in [6.45, 7) is 1.83. The fourth-order valence-electron chi connectivity index (χ4n) is 2.04. The van der Waals surface area contributed by atoms with Crippen molar-refractivity contribution >= 4 is 46.7 Å². The number of ether oxygens (including phenoxy) is 2. The van der Waals surface area contributed by atoms with E-state index in [4.69, 9.17) is 32.7 Å². The smallest absolute Gasteiger partial charge is 0.359 e. The lowest BCUT2D eigenvalue weighted by atomic mass is 10.2. The number of hydrogen-bond donors (Lipinski definition) is 1. The summed E-state index contributed by atoms with van der Waals surface area (Å²) in [5, 5.41) is 2.69. The Morgan fingerprint density at radius 2 is 1.71 bits per heavy atom. The number of nitrogens with one attached hydrogen (secondary N) is 1. The second-order valence-corrected chi connectivity index (χ2v) is 6.45. The molecule has 0 spiro atoms. The van der Waals surface area contributed by atoms with Crippen LogP contribution in [0.5, 0.6) is 0 Å². The molecular formula is C19H18Cl2N2O5. The molecule has 0 unspecified atom stereocenters. The minimum Gasteiger partial charge on any atom is -0.462 e. The highest BCUT2D eigenvalue weighted by Gasteiger charge is 2.16. The van der Waals surface area contributed by atoms with E-state index in [0.717, 1.165) is 12.8 Å². The van der Waals surface area contributed by atoms with Crippen LogP contribution in [0.25, 0.3) is 0 Å². The molecule has 0 bridgehead atoms. The van der Waals surface area contributed by atoms with Gasteiger partial charge in [0.1, 0.15) is 5.15 Å². The zero-order valence-corrected chi connectivity index (χ0v) is 16.5. The minimum atomic E-state index is -0.868. The third kappa shape index (κ3) is 6.51. The van der Waals surface area contributed by atoms with Gasteiger partial charge in [-0.05, 0) is 42.8 Å². The quantitative estimate of drug-likeness (QED) is 0.388. The lowest BCUT2D eigenvalue weighted by molar-refractivity contribution is -0.119. The van der Waals surface area contributed by atoms with Gasteiger partial charge < -0.3 is 14.8 Å². The van der Waals surface area contributed by atoms with Gasteiger partial charge in [-0.2, -0.15) is 0 Å². The maximum Gasteiger partial charge on any atom is 0.359 e. The predicted molar refractivity (Wildman–Crippen MR) is 105 cm³/mol. The molecule has 1 N–H and O–H groups in total. The number of benzene rings is 1. The van der Waals surface area contributed by atoms with Gasteiger partial charge in [0.2, 0.25) is 0 Å². The zero-order chi connectivity index (χ0) is 20.5. The van der Waals surface area contributed by atoms with Gasteiger partial charge >= 0.3 is 11.9 Å². The average molecular weight is 425 g/mol. The van der Waals surface area contributed by atoms with Gasteiger partial charge in [-0.3, -0.25) is 4.79 Å². The molecule has 28 heavy (non-hydrogen) atoms. The number of nitrogens with zero attached hydrogens (tertiary/aromatic N) is 1. The van der Waals surface area contributed by atoms with Crippen molar-refractivity contribution in [3.8, 4) is 0 Å². The van der Waals surface area contributed by atoms with Gasteiger partial charge in [0.15, 0.2) is 12.3 Å². The van der Waals surface area contributed by atoms with Crippen LogP contribution in [-0.4, -0.2) is 36.0 Å². The number of amides is 1. The molecule has 0 aliphatic rings. The number of halogens is 2. The summed E-state index contributed by atoms with van der Waals surface area (Å²) in [7, 11) is 0. The van der Waals surface area contributed by atoms with Crippen LogP contribution in [0.15, 0.2) is 36.4 Å². The number of pyridine rings is 1. The maximum absolute atomic E-state index is 11.9. The number of esters is 2. The monoisotopic (exact) mass is 424 g/mol. The van der Waals surface area contributed by atoms with Crippen LogP contribution in [0.4, 0.5) is 5.69 Å². The van der Waals surface area contributed by atoms with Gasteiger partial charge in [-0.1, -0.05) is 36.5 Å². The molecule has 0 saturated heterocycles. The van der Waals surface area contributed by atoms with E-state index in [1.807, 2.05) is 6.92 Å². The molecule has 0 aliphatic heterocycles. The van der Waals surface area contributed by atoms with Gasteiger partial charge in [0, 0.05) is 5.69 Å². The molecular weight excluding hydrogens is 407 g/mol. The van der Waals surface area contributed by atoms with Crippen LogP contribution < -0.4 is 5.32 Å². The molecule has 0 aliphatic carbocycles. The van der Waals surface area contributed by atoms with E-state index < -0.39 is 24.5 Å². The highest BCUT2D eigenvalue weighted by molar-refractivity contribution is 6.34. The number of hydrogen-bond acceptors (Lipinski definition) is 6. The van der Waals surface area contributed by atoms with E-state index >= 15 is 0 Å². The molecule has 1 aromatic heterocycles. The van der Waals surface area contributed by atoms with Crippen LogP contribution in [0.1, 0.15) is 40.6 Å². The van der Waals surface area contributed by atoms with E-state index in [0.29, 0.717) is 17.9 Å². The third-order valence-electron chi connectivity index (χ3n) is 3.48. The molecule has 0 fully saturated rings. The Kier molecular flexibility index (Phi) is 8.22. The van der Waals surface area contributed by atoms with Crippen molar-refractivity contribution in [3.63, 3.8) is 0 Å². The summed E-state index contributed by atoms with van der Waals surface area (Å²) in [6.07, 6.45) is 1.73. The molecule has 0 radical (unpaired) electrons. The molecule has 2 aromatic rings. The van der Waals surface area contributed by atoms with E-state index in [-0.39, 0.29) is 15.9 Å².